The van der Waals surface area contributed by atoms with E-state index in [0.717, 1.165) is 36.9 Å². The molecule has 0 atom stereocenters. The molecule has 0 saturated heterocycles. The van der Waals surface area contributed by atoms with Gasteiger partial charge in [-0.2, -0.15) is 0 Å². The van der Waals surface area contributed by atoms with E-state index in [2.05, 4.69) is 19.7 Å². The molecule has 1 aliphatic carbocycles. The molecule has 0 aliphatic heterocycles. The highest BCUT2D eigenvalue weighted by Crippen LogP contribution is 2.32. The van der Waals surface area contributed by atoms with Gasteiger partial charge in [0.15, 0.2) is 0 Å². The Balaban J connectivity index is 1.52. The van der Waals surface area contributed by atoms with Crippen LogP contribution in [0.15, 0.2) is 71.7 Å². The lowest BCUT2D eigenvalue weighted by Crippen LogP contribution is -2.25. The van der Waals surface area contributed by atoms with Crippen molar-refractivity contribution in [3.63, 3.8) is 0 Å². The van der Waals surface area contributed by atoms with E-state index in [9.17, 15) is 14.4 Å². The Kier molecular flexibility index (Phi) is 6.18. The van der Waals surface area contributed by atoms with Gasteiger partial charge in [-0.15, -0.1) is 0 Å². The molecule has 35 heavy (non-hydrogen) atoms. The Bertz CT molecular complexity index is 1430. The number of ether oxygens (including phenoxy) is 1. The fourth-order valence-electron chi connectivity index (χ4n) is 4.76. The summed E-state index contributed by atoms with van der Waals surface area (Å²) in [6.07, 6.45) is 6.86. The molecule has 8 heteroatoms. The third-order valence-corrected chi connectivity index (χ3v) is 6.49. The molecule has 2 heterocycles. The zero-order valence-electron chi connectivity index (χ0n) is 19.4. The third kappa shape index (κ3) is 4.35. The van der Waals surface area contributed by atoms with Crippen LogP contribution in [0.1, 0.15) is 58.9 Å². The fourth-order valence-corrected chi connectivity index (χ4v) is 4.76. The molecule has 2 aromatic carbocycles. The summed E-state index contributed by atoms with van der Waals surface area (Å²) < 4.78 is 8.52. The average molecular weight is 471 g/mol. The minimum Gasteiger partial charge on any atom is -0.465 e. The van der Waals surface area contributed by atoms with Crippen molar-refractivity contribution in [2.75, 3.05) is 12.4 Å². The second-order valence-corrected chi connectivity index (χ2v) is 8.70. The summed E-state index contributed by atoms with van der Waals surface area (Å²) in [4.78, 5) is 42.3. The van der Waals surface area contributed by atoms with Crippen molar-refractivity contribution in [2.24, 2.45) is 0 Å². The summed E-state index contributed by atoms with van der Waals surface area (Å²) in [7, 11) is 1.29. The normalized spacial score (nSPS) is 14.1. The predicted molar refractivity (Wildman–Crippen MR) is 133 cm³/mol. The van der Waals surface area contributed by atoms with Gasteiger partial charge in [-0.1, -0.05) is 37.5 Å². The topological polar surface area (TPSA) is 95.2 Å². The van der Waals surface area contributed by atoms with Crippen molar-refractivity contribution < 1.29 is 14.3 Å². The lowest BCUT2D eigenvalue weighted by Gasteiger charge is -2.26. The van der Waals surface area contributed by atoms with Crippen LogP contribution in [-0.2, 0) is 4.74 Å². The Labute approximate surface area is 202 Å². The van der Waals surface area contributed by atoms with Gasteiger partial charge in [0.1, 0.15) is 5.82 Å². The summed E-state index contributed by atoms with van der Waals surface area (Å²) in [5.74, 6) is -0.594. The van der Waals surface area contributed by atoms with E-state index in [4.69, 9.17) is 0 Å². The maximum Gasteiger partial charge on any atom is 0.339 e. The van der Waals surface area contributed by atoms with Crippen LogP contribution in [0.5, 0.6) is 0 Å². The number of carbonyl (C=O) groups is 2. The first-order valence-electron chi connectivity index (χ1n) is 11.8. The van der Waals surface area contributed by atoms with E-state index in [0.29, 0.717) is 16.8 Å². The van der Waals surface area contributed by atoms with E-state index in [1.54, 1.807) is 16.8 Å². The van der Waals surface area contributed by atoms with Crippen molar-refractivity contribution in [1.29, 1.82) is 0 Å². The molecule has 0 bridgehead atoms. The molecule has 4 aromatic rings. The number of carbonyl (C=O) groups excluding carboxylic acids is 2. The number of hydrogen-bond donors (Lipinski definition) is 1. The third-order valence-electron chi connectivity index (χ3n) is 6.49. The quantitative estimate of drug-likeness (QED) is 0.426. The number of aromatic nitrogens is 3. The summed E-state index contributed by atoms with van der Waals surface area (Å²) in [6.45, 7) is 0. The molecular formula is C27H26N4O4. The van der Waals surface area contributed by atoms with Gasteiger partial charge in [-0.3, -0.25) is 14.3 Å². The zero-order chi connectivity index (χ0) is 24.4. The van der Waals surface area contributed by atoms with E-state index < -0.39 is 5.97 Å². The van der Waals surface area contributed by atoms with Crippen molar-refractivity contribution in [3.05, 3.63) is 88.3 Å². The smallest absolute Gasteiger partial charge is 0.339 e. The predicted octanol–water partition coefficient (Wildman–Crippen LogP) is 4.73. The Morgan fingerprint density at radius 3 is 2.40 bits per heavy atom. The minimum atomic E-state index is -0.502. The van der Waals surface area contributed by atoms with Gasteiger partial charge in [0.25, 0.3) is 11.5 Å². The van der Waals surface area contributed by atoms with Crippen molar-refractivity contribution in [1.82, 2.24) is 14.3 Å². The molecule has 1 N–H and O–H groups in total. The lowest BCUT2D eigenvalue weighted by atomic mass is 9.95. The number of esters is 1. The maximum absolute atomic E-state index is 13.6. The monoisotopic (exact) mass is 470 g/mol. The van der Waals surface area contributed by atoms with Crippen LogP contribution in [0.25, 0.3) is 16.6 Å². The highest BCUT2D eigenvalue weighted by Gasteiger charge is 2.24. The van der Waals surface area contributed by atoms with Gasteiger partial charge in [-0.25, -0.2) is 14.5 Å². The largest absolute Gasteiger partial charge is 0.465 e. The number of pyridine rings is 1. The number of rotatable bonds is 5. The second kappa shape index (κ2) is 9.58. The Morgan fingerprint density at radius 2 is 1.71 bits per heavy atom. The molecule has 5 rings (SSSR count). The molecule has 1 amide bonds. The highest BCUT2D eigenvalue weighted by atomic mass is 16.5. The van der Waals surface area contributed by atoms with Crippen LogP contribution in [-0.4, -0.2) is 33.3 Å². The number of nitrogens with one attached hydrogen (secondary N) is 1. The van der Waals surface area contributed by atoms with Crippen LogP contribution in [0.3, 0.4) is 0 Å². The van der Waals surface area contributed by atoms with Gasteiger partial charge in [-0.05, 0) is 55.3 Å². The second-order valence-electron chi connectivity index (χ2n) is 8.70. The molecular weight excluding hydrogens is 444 g/mol. The molecule has 1 fully saturated rings. The van der Waals surface area contributed by atoms with Crippen LogP contribution >= 0.6 is 0 Å². The molecule has 0 unspecified atom stereocenters. The van der Waals surface area contributed by atoms with Gasteiger partial charge < -0.3 is 10.1 Å². The Morgan fingerprint density at radius 1 is 0.971 bits per heavy atom. The van der Waals surface area contributed by atoms with Crippen molar-refractivity contribution in [3.8, 4) is 5.69 Å². The summed E-state index contributed by atoms with van der Waals surface area (Å²) >= 11 is 0. The molecule has 8 nitrogen and oxygen atoms in total. The van der Waals surface area contributed by atoms with E-state index in [1.165, 1.54) is 31.9 Å². The fraction of sp³-hybridized carbons (Fsp3) is 0.259. The molecule has 1 aliphatic rings. The molecule has 178 valence electrons. The number of para-hydroxylation sites is 1. The number of benzene rings is 2. The zero-order valence-corrected chi connectivity index (χ0v) is 19.4. The van der Waals surface area contributed by atoms with E-state index in [1.807, 2.05) is 36.4 Å². The minimum absolute atomic E-state index is 0.146. The average Bonchev–Trinajstić information content (AvgIpc) is 3.21. The Hall–Kier alpha value is -4.20. The molecule has 2 aromatic heterocycles. The van der Waals surface area contributed by atoms with Gasteiger partial charge >= 0.3 is 5.97 Å². The molecule has 0 spiro atoms. The standard InChI is InChI=1S/C27H26N4O4/c1-35-27(34)19-13-15-24(28-17-19)29-25(32)18-12-14-23-22(16-18)26(33)31(21-10-6-3-7-11-21)30(23)20-8-4-2-5-9-20/h3,6-7,10-17,20H,2,4-5,8-9H2,1H3,(H,28,29,32). The number of hydrogen-bond acceptors (Lipinski definition) is 5. The number of anilines is 1. The molecule has 0 radical (unpaired) electrons. The molecule has 1 saturated carbocycles. The first kappa shape index (κ1) is 22.6. The number of fused-ring (bicyclic) bond motifs is 1. The van der Waals surface area contributed by atoms with Crippen LogP contribution in [0.2, 0.25) is 0 Å². The first-order valence-corrected chi connectivity index (χ1v) is 11.8. The number of amides is 1. The van der Waals surface area contributed by atoms with Crippen LogP contribution < -0.4 is 10.9 Å². The van der Waals surface area contributed by atoms with Gasteiger partial charge in [0, 0.05) is 11.8 Å². The summed E-state index contributed by atoms with van der Waals surface area (Å²) in [5, 5.41) is 3.23. The van der Waals surface area contributed by atoms with Crippen molar-refractivity contribution in [2.45, 2.75) is 38.1 Å². The highest BCUT2D eigenvalue weighted by molar-refractivity contribution is 6.06. The maximum atomic E-state index is 13.6. The number of nitrogens with zero attached hydrogens (tertiary/aromatic N) is 3. The van der Waals surface area contributed by atoms with Gasteiger partial charge in [0.05, 0.1) is 35.3 Å². The summed E-state index contributed by atoms with van der Waals surface area (Å²) in [6, 6.07) is 18.1. The SMILES string of the molecule is COC(=O)c1ccc(NC(=O)c2ccc3c(c2)c(=O)n(-c2ccccc2)n3C2CCCCC2)nc1. The van der Waals surface area contributed by atoms with Gasteiger partial charge in [0.2, 0.25) is 0 Å². The van der Waals surface area contributed by atoms with E-state index >= 15 is 0 Å². The first-order chi connectivity index (χ1) is 17.1. The number of methoxy groups -OCH3 is 1. The van der Waals surface area contributed by atoms with Crippen molar-refractivity contribution >= 4 is 28.6 Å². The summed E-state index contributed by atoms with van der Waals surface area (Å²) in [5.41, 5.74) is 2.13. The lowest BCUT2D eigenvalue weighted by molar-refractivity contribution is 0.0600. The van der Waals surface area contributed by atoms with Crippen LogP contribution in [0, 0.1) is 0 Å². The van der Waals surface area contributed by atoms with Crippen LogP contribution in [0.4, 0.5) is 5.82 Å². The van der Waals surface area contributed by atoms with E-state index in [-0.39, 0.29) is 23.1 Å².